The van der Waals surface area contributed by atoms with Crippen LogP contribution < -0.4 is 15.5 Å². The van der Waals surface area contributed by atoms with Crippen LogP contribution in [-0.4, -0.2) is 79.4 Å². The molecule has 2 aromatic rings. The number of alkyl halides is 3. The van der Waals surface area contributed by atoms with E-state index in [0.717, 1.165) is 23.3 Å². The predicted octanol–water partition coefficient (Wildman–Crippen LogP) is 2.80. The molecular weight excluding hydrogens is 499 g/mol. The van der Waals surface area contributed by atoms with Crippen molar-refractivity contribution in [2.45, 2.75) is 32.5 Å². The summed E-state index contributed by atoms with van der Waals surface area (Å²) in [5.74, 6) is -0.974. The Balaban J connectivity index is 1.33. The van der Waals surface area contributed by atoms with E-state index in [4.69, 9.17) is 0 Å². The van der Waals surface area contributed by atoms with Gasteiger partial charge in [0.15, 0.2) is 0 Å². The fourth-order valence-electron chi connectivity index (χ4n) is 4.87. The second kappa shape index (κ2) is 11.4. The number of hydrogen-bond donors (Lipinski definition) is 2. The van der Waals surface area contributed by atoms with E-state index in [0.29, 0.717) is 50.6 Å². The summed E-state index contributed by atoms with van der Waals surface area (Å²) < 4.78 is 39.2. The van der Waals surface area contributed by atoms with Gasteiger partial charge in [0.2, 0.25) is 17.7 Å². The molecule has 2 fully saturated rings. The highest BCUT2D eigenvalue weighted by Gasteiger charge is 2.36. The summed E-state index contributed by atoms with van der Waals surface area (Å²) in [6.45, 7) is 6.43. The molecule has 2 aliphatic heterocycles. The minimum Gasteiger partial charge on any atom is -0.369 e. The van der Waals surface area contributed by atoms with Crippen molar-refractivity contribution in [1.82, 2.24) is 15.1 Å². The second-order valence-electron chi connectivity index (χ2n) is 9.78. The maximum Gasteiger partial charge on any atom is 0.416 e. The van der Waals surface area contributed by atoms with Gasteiger partial charge in [0.1, 0.15) is 6.04 Å². The van der Waals surface area contributed by atoms with Crippen LogP contribution in [-0.2, 0) is 20.6 Å². The van der Waals surface area contributed by atoms with E-state index in [2.05, 4.69) is 10.6 Å². The van der Waals surface area contributed by atoms with Crippen LogP contribution in [0.2, 0.25) is 0 Å². The van der Waals surface area contributed by atoms with Crippen molar-refractivity contribution >= 4 is 29.1 Å². The lowest BCUT2D eigenvalue weighted by Gasteiger charge is -2.39. The van der Waals surface area contributed by atoms with Gasteiger partial charge < -0.3 is 20.4 Å². The van der Waals surface area contributed by atoms with Crippen LogP contribution >= 0.6 is 0 Å². The average Bonchev–Trinajstić information content (AvgIpc) is 2.87. The van der Waals surface area contributed by atoms with Gasteiger partial charge in [0.05, 0.1) is 18.5 Å². The van der Waals surface area contributed by atoms with Crippen molar-refractivity contribution in [2.75, 3.05) is 56.0 Å². The maximum absolute atomic E-state index is 13.2. The first-order valence-electron chi connectivity index (χ1n) is 12.6. The van der Waals surface area contributed by atoms with Crippen molar-refractivity contribution in [3.05, 3.63) is 59.2 Å². The molecular formula is C27H32F3N5O3. The highest BCUT2D eigenvalue weighted by atomic mass is 19.4. The Morgan fingerprint density at radius 3 is 2.45 bits per heavy atom. The monoisotopic (exact) mass is 531 g/mol. The molecule has 0 unspecified atom stereocenters. The molecule has 0 aromatic heterocycles. The zero-order chi connectivity index (χ0) is 27.4. The quantitative estimate of drug-likeness (QED) is 0.599. The van der Waals surface area contributed by atoms with E-state index in [9.17, 15) is 27.6 Å². The Labute approximate surface area is 219 Å². The molecule has 0 radical (unpaired) electrons. The lowest BCUT2D eigenvalue weighted by atomic mass is 10.1. The summed E-state index contributed by atoms with van der Waals surface area (Å²) in [7, 11) is 0. The first-order valence-corrected chi connectivity index (χ1v) is 12.6. The van der Waals surface area contributed by atoms with Gasteiger partial charge in [-0.2, -0.15) is 13.2 Å². The number of anilines is 2. The summed E-state index contributed by atoms with van der Waals surface area (Å²) in [5.41, 5.74) is 2.44. The molecule has 3 amide bonds. The number of hydrogen-bond acceptors (Lipinski definition) is 5. The smallest absolute Gasteiger partial charge is 0.369 e. The highest BCUT2D eigenvalue weighted by Crippen LogP contribution is 2.32. The molecule has 0 saturated carbocycles. The first-order chi connectivity index (χ1) is 18.0. The number of nitrogens with one attached hydrogen (secondary N) is 2. The minimum absolute atomic E-state index is 0.0684. The van der Waals surface area contributed by atoms with E-state index < -0.39 is 17.8 Å². The minimum atomic E-state index is -4.41. The normalized spacial score (nSPS) is 18.8. The third-order valence-corrected chi connectivity index (χ3v) is 6.96. The van der Waals surface area contributed by atoms with E-state index in [1.807, 2.05) is 41.8 Å². The molecule has 2 aliphatic rings. The predicted molar refractivity (Wildman–Crippen MR) is 138 cm³/mol. The molecule has 2 heterocycles. The number of piperazine rings is 2. The molecule has 11 heteroatoms. The number of aryl methyl sites for hydroxylation is 2. The van der Waals surface area contributed by atoms with E-state index in [-0.39, 0.29) is 30.7 Å². The van der Waals surface area contributed by atoms with E-state index >= 15 is 0 Å². The molecule has 0 aliphatic carbocycles. The molecule has 2 aromatic carbocycles. The molecule has 2 N–H and O–H groups in total. The molecule has 1 atom stereocenters. The number of halogens is 3. The lowest BCUT2D eigenvalue weighted by Crippen LogP contribution is -2.60. The van der Waals surface area contributed by atoms with E-state index in [1.165, 1.54) is 11.0 Å². The maximum atomic E-state index is 13.2. The average molecular weight is 532 g/mol. The van der Waals surface area contributed by atoms with Crippen LogP contribution in [0, 0.1) is 13.8 Å². The molecule has 2 saturated heterocycles. The van der Waals surface area contributed by atoms with Crippen LogP contribution in [0.4, 0.5) is 24.5 Å². The van der Waals surface area contributed by atoms with Gasteiger partial charge in [-0.3, -0.25) is 19.3 Å². The fourth-order valence-corrected chi connectivity index (χ4v) is 4.87. The van der Waals surface area contributed by atoms with Crippen molar-refractivity contribution in [3.63, 3.8) is 0 Å². The van der Waals surface area contributed by atoms with Gasteiger partial charge in [0, 0.05) is 50.6 Å². The van der Waals surface area contributed by atoms with E-state index in [1.54, 1.807) is 6.07 Å². The zero-order valence-electron chi connectivity index (χ0n) is 21.5. The molecule has 204 valence electrons. The van der Waals surface area contributed by atoms with Gasteiger partial charge >= 0.3 is 6.18 Å². The van der Waals surface area contributed by atoms with Crippen LogP contribution in [0.5, 0.6) is 0 Å². The van der Waals surface area contributed by atoms with Crippen LogP contribution in [0.25, 0.3) is 0 Å². The van der Waals surface area contributed by atoms with Crippen LogP contribution in [0.1, 0.15) is 23.1 Å². The Hall–Kier alpha value is -3.60. The molecule has 4 rings (SSSR count). The number of carbonyl (C=O) groups is 3. The van der Waals surface area contributed by atoms with Gasteiger partial charge in [-0.15, -0.1) is 0 Å². The highest BCUT2D eigenvalue weighted by molar-refractivity contribution is 5.98. The van der Waals surface area contributed by atoms with Crippen molar-refractivity contribution in [2.24, 2.45) is 0 Å². The van der Waals surface area contributed by atoms with Crippen LogP contribution in [0.15, 0.2) is 42.5 Å². The van der Waals surface area contributed by atoms with Crippen molar-refractivity contribution in [3.8, 4) is 0 Å². The van der Waals surface area contributed by atoms with Gasteiger partial charge in [-0.1, -0.05) is 23.8 Å². The second-order valence-corrected chi connectivity index (χ2v) is 9.78. The Bertz CT molecular complexity index is 1190. The third-order valence-electron chi connectivity index (χ3n) is 6.96. The number of amides is 3. The van der Waals surface area contributed by atoms with Crippen molar-refractivity contribution < 1.29 is 27.6 Å². The lowest BCUT2D eigenvalue weighted by molar-refractivity contribution is -0.145. The number of benzene rings is 2. The Morgan fingerprint density at radius 1 is 1.03 bits per heavy atom. The SMILES string of the molecule is Cc1ccc(NC(=O)C[C@H]2C(=O)NCCN2C(=O)CN2CCN(c3cccc(C(F)(F)F)c3)CC2)c(C)c1. The molecule has 38 heavy (non-hydrogen) atoms. The largest absolute Gasteiger partial charge is 0.416 e. The Kier molecular flexibility index (Phi) is 8.25. The number of rotatable bonds is 6. The molecule has 0 bridgehead atoms. The Morgan fingerprint density at radius 2 is 1.76 bits per heavy atom. The zero-order valence-corrected chi connectivity index (χ0v) is 21.5. The van der Waals surface area contributed by atoms with Gasteiger partial charge in [-0.05, 0) is 43.7 Å². The number of nitrogens with zero attached hydrogens (tertiary/aromatic N) is 3. The van der Waals surface area contributed by atoms with Gasteiger partial charge in [-0.25, -0.2) is 0 Å². The molecule has 8 nitrogen and oxygen atoms in total. The standard InChI is InChI=1S/C27H32F3N5O3/c1-18-6-7-22(19(2)14-18)32-24(36)16-23-26(38)31-8-9-35(23)25(37)17-33-10-12-34(13-11-33)21-5-3-4-20(15-21)27(28,29)30/h3-7,14-15,23H,8-13,16-17H2,1-2H3,(H,31,38)(H,32,36)/t23-/m0/s1. The molecule has 0 spiro atoms. The summed E-state index contributed by atoms with van der Waals surface area (Å²) >= 11 is 0. The van der Waals surface area contributed by atoms with Crippen molar-refractivity contribution in [1.29, 1.82) is 0 Å². The summed E-state index contributed by atoms with van der Waals surface area (Å²) in [4.78, 5) is 43.8. The third kappa shape index (κ3) is 6.63. The number of carbonyl (C=O) groups excluding carboxylic acids is 3. The summed E-state index contributed by atoms with van der Waals surface area (Å²) in [5, 5.41) is 5.57. The summed E-state index contributed by atoms with van der Waals surface area (Å²) in [6, 6.07) is 9.97. The van der Waals surface area contributed by atoms with Crippen LogP contribution in [0.3, 0.4) is 0 Å². The first kappa shape index (κ1) is 27.4. The topological polar surface area (TPSA) is 85.0 Å². The fraction of sp³-hybridized carbons (Fsp3) is 0.444. The van der Waals surface area contributed by atoms with Gasteiger partial charge in [0.25, 0.3) is 0 Å². The summed E-state index contributed by atoms with van der Waals surface area (Å²) in [6.07, 6.45) is -4.56.